The standard InChI is InChI=1S/C12H15ClN2O3/c1-15-4-2-9(3-5-15)18-11-10(13)6-8(7-14-11)12(16)17/h6-7,9H,2-5H2,1H3,(H,16,17). The minimum atomic E-state index is -1.05. The van der Waals surface area contributed by atoms with Gasteiger partial charge in [0.2, 0.25) is 5.88 Å². The highest BCUT2D eigenvalue weighted by Gasteiger charge is 2.20. The topological polar surface area (TPSA) is 62.7 Å². The predicted molar refractivity (Wildman–Crippen MR) is 67.4 cm³/mol. The van der Waals surface area contributed by atoms with Crippen molar-refractivity contribution in [3.63, 3.8) is 0 Å². The van der Waals surface area contributed by atoms with E-state index < -0.39 is 5.97 Å². The second-order valence-corrected chi connectivity index (χ2v) is 4.84. The molecule has 18 heavy (non-hydrogen) atoms. The minimum absolute atomic E-state index is 0.0655. The molecule has 1 N–H and O–H groups in total. The van der Waals surface area contributed by atoms with E-state index in [-0.39, 0.29) is 16.7 Å². The van der Waals surface area contributed by atoms with Gasteiger partial charge in [0.25, 0.3) is 0 Å². The van der Waals surface area contributed by atoms with E-state index in [4.69, 9.17) is 21.4 Å². The molecule has 0 saturated carbocycles. The normalized spacial score (nSPS) is 17.7. The maximum Gasteiger partial charge on any atom is 0.337 e. The molecule has 5 nitrogen and oxygen atoms in total. The molecule has 2 heterocycles. The molecule has 98 valence electrons. The first-order valence-corrected chi connectivity index (χ1v) is 6.18. The number of ether oxygens (including phenoxy) is 1. The summed E-state index contributed by atoms with van der Waals surface area (Å²) in [6.07, 6.45) is 3.21. The van der Waals surface area contributed by atoms with Crippen LogP contribution in [0.15, 0.2) is 12.3 Å². The highest BCUT2D eigenvalue weighted by atomic mass is 35.5. The molecule has 0 radical (unpaired) electrons. The lowest BCUT2D eigenvalue weighted by atomic mass is 10.1. The number of piperidine rings is 1. The van der Waals surface area contributed by atoms with Crippen molar-refractivity contribution in [2.24, 2.45) is 0 Å². The highest BCUT2D eigenvalue weighted by molar-refractivity contribution is 6.32. The van der Waals surface area contributed by atoms with Crippen molar-refractivity contribution >= 4 is 17.6 Å². The molecule has 0 atom stereocenters. The van der Waals surface area contributed by atoms with Gasteiger partial charge in [-0.1, -0.05) is 11.6 Å². The number of aromatic nitrogens is 1. The van der Waals surface area contributed by atoms with Crippen molar-refractivity contribution < 1.29 is 14.6 Å². The molecule has 0 unspecified atom stereocenters. The number of carboxylic acid groups (broad SMARTS) is 1. The first-order chi connectivity index (χ1) is 8.56. The molecule has 2 rings (SSSR count). The van der Waals surface area contributed by atoms with Crippen molar-refractivity contribution in [2.75, 3.05) is 20.1 Å². The maximum absolute atomic E-state index is 10.7. The number of rotatable bonds is 3. The molecule has 0 amide bonds. The monoisotopic (exact) mass is 270 g/mol. The van der Waals surface area contributed by atoms with E-state index in [0.717, 1.165) is 25.9 Å². The lowest BCUT2D eigenvalue weighted by molar-refractivity contribution is 0.0696. The zero-order chi connectivity index (χ0) is 13.1. The second kappa shape index (κ2) is 5.54. The van der Waals surface area contributed by atoms with Crippen LogP contribution >= 0.6 is 11.6 Å². The molecule has 1 aliphatic rings. The van der Waals surface area contributed by atoms with Gasteiger partial charge in [0.15, 0.2) is 0 Å². The van der Waals surface area contributed by atoms with E-state index >= 15 is 0 Å². The lowest BCUT2D eigenvalue weighted by Crippen LogP contribution is -2.35. The maximum atomic E-state index is 10.7. The van der Waals surface area contributed by atoms with E-state index in [1.54, 1.807) is 0 Å². The molecule has 0 spiro atoms. The van der Waals surface area contributed by atoms with Crippen LogP contribution in [-0.4, -0.2) is 47.2 Å². The fraction of sp³-hybridized carbons (Fsp3) is 0.500. The Balaban J connectivity index is 2.03. The van der Waals surface area contributed by atoms with Crippen LogP contribution < -0.4 is 4.74 Å². The summed E-state index contributed by atoms with van der Waals surface area (Å²) in [5.74, 6) is -0.730. The average Bonchev–Trinajstić information content (AvgIpc) is 2.34. The van der Waals surface area contributed by atoms with Crippen molar-refractivity contribution in [3.05, 3.63) is 22.8 Å². The number of hydrogen-bond acceptors (Lipinski definition) is 4. The Morgan fingerprint density at radius 3 is 2.78 bits per heavy atom. The molecule has 1 fully saturated rings. The smallest absolute Gasteiger partial charge is 0.337 e. The summed E-state index contributed by atoms with van der Waals surface area (Å²) in [7, 11) is 2.07. The molecule has 0 aromatic carbocycles. The Morgan fingerprint density at radius 1 is 1.56 bits per heavy atom. The molecule has 6 heteroatoms. The predicted octanol–water partition coefficient (Wildman–Crippen LogP) is 1.91. The number of hydrogen-bond donors (Lipinski definition) is 1. The van der Waals surface area contributed by atoms with Crippen molar-refractivity contribution in [3.8, 4) is 5.88 Å². The zero-order valence-electron chi connectivity index (χ0n) is 10.1. The molecule has 1 aliphatic heterocycles. The highest BCUT2D eigenvalue weighted by Crippen LogP contribution is 2.25. The van der Waals surface area contributed by atoms with Crippen LogP contribution in [0.2, 0.25) is 5.02 Å². The van der Waals surface area contributed by atoms with Gasteiger partial charge in [-0.15, -0.1) is 0 Å². The molecular formula is C12H15ClN2O3. The molecule has 0 aliphatic carbocycles. The molecular weight excluding hydrogens is 256 g/mol. The fourth-order valence-corrected chi connectivity index (χ4v) is 2.10. The van der Waals surface area contributed by atoms with E-state index in [1.807, 2.05) is 0 Å². The van der Waals surface area contributed by atoms with Gasteiger partial charge in [-0.3, -0.25) is 0 Å². The summed E-state index contributed by atoms with van der Waals surface area (Å²) in [5.41, 5.74) is 0.0655. The van der Waals surface area contributed by atoms with Crippen LogP contribution in [0.5, 0.6) is 5.88 Å². The summed E-state index contributed by atoms with van der Waals surface area (Å²) in [4.78, 5) is 16.9. The van der Waals surface area contributed by atoms with Gasteiger partial charge in [0, 0.05) is 19.3 Å². The quantitative estimate of drug-likeness (QED) is 0.909. The van der Waals surface area contributed by atoms with Gasteiger partial charge in [0.05, 0.1) is 5.56 Å². The van der Waals surface area contributed by atoms with Gasteiger partial charge in [-0.25, -0.2) is 9.78 Å². The molecule has 1 aromatic heterocycles. The van der Waals surface area contributed by atoms with Crippen LogP contribution in [0, 0.1) is 0 Å². The Kier molecular flexibility index (Phi) is 4.04. The summed E-state index contributed by atoms with van der Waals surface area (Å²) in [6.45, 7) is 1.96. The number of carbonyl (C=O) groups is 1. The van der Waals surface area contributed by atoms with Gasteiger partial charge < -0.3 is 14.7 Å². The van der Waals surface area contributed by atoms with Gasteiger partial charge in [0.1, 0.15) is 11.1 Å². The third-order valence-electron chi connectivity index (χ3n) is 3.00. The van der Waals surface area contributed by atoms with E-state index in [9.17, 15) is 4.79 Å². The van der Waals surface area contributed by atoms with Crippen molar-refractivity contribution in [1.29, 1.82) is 0 Å². The first-order valence-electron chi connectivity index (χ1n) is 5.80. The zero-order valence-corrected chi connectivity index (χ0v) is 10.9. The SMILES string of the molecule is CN1CCC(Oc2ncc(C(=O)O)cc2Cl)CC1. The number of likely N-dealkylation sites (tertiary alicyclic amines) is 1. The Morgan fingerprint density at radius 2 is 2.22 bits per heavy atom. The molecule has 1 aromatic rings. The van der Waals surface area contributed by atoms with E-state index in [0.29, 0.717) is 5.88 Å². The summed E-state index contributed by atoms with van der Waals surface area (Å²) >= 11 is 5.96. The fourth-order valence-electron chi connectivity index (χ4n) is 1.89. The Labute approximate surface area is 110 Å². The van der Waals surface area contributed by atoms with Crippen molar-refractivity contribution in [2.45, 2.75) is 18.9 Å². The minimum Gasteiger partial charge on any atom is -0.478 e. The third-order valence-corrected chi connectivity index (χ3v) is 3.27. The van der Waals surface area contributed by atoms with Crippen LogP contribution in [0.3, 0.4) is 0 Å². The number of halogens is 1. The number of pyridine rings is 1. The molecule has 1 saturated heterocycles. The number of aromatic carboxylic acids is 1. The summed E-state index contributed by atoms with van der Waals surface area (Å²) in [6, 6.07) is 1.36. The first kappa shape index (κ1) is 13.1. The van der Waals surface area contributed by atoms with E-state index in [2.05, 4.69) is 16.9 Å². The average molecular weight is 271 g/mol. The molecule has 0 bridgehead atoms. The van der Waals surface area contributed by atoms with Gasteiger partial charge in [-0.2, -0.15) is 0 Å². The summed E-state index contributed by atoms with van der Waals surface area (Å²) in [5, 5.41) is 9.05. The number of nitrogens with zero attached hydrogens (tertiary/aromatic N) is 2. The van der Waals surface area contributed by atoms with E-state index in [1.165, 1.54) is 12.3 Å². The summed E-state index contributed by atoms with van der Waals surface area (Å²) < 4.78 is 5.71. The number of carboxylic acids is 1. The second-order valence-electron chi connectivity index (χ2n) is 4.44. The van der Waals surface area contributed by atoms with Crippen LogP contribution in [0.4, 0.5) is 0 Å². The van der Waals surface area contributed by atoms with Gasteiger partial charge >= 0.3 is 5.97 Å². The third kappa shape index (κ3) is 3.11. The van der Waals surface area contributed by atoms with Crippen molar-refractivity contribution in [1.82, 2.24) is 9.88 Å². The Hall–Kier alpha value is -1.33. The van der Waals surface area contributed by atoms with Gasteiger partial charge in [-0.05, 0) is 26.0 Å². The lowest BCUT2D eigenvalue weighted by Gasteiger charge is -2.29. The van der Waals surface area contributed by atoms with Crippen LogP contribution in [-0.2, 0) is 0 Å². The largest absolute Gasteiger partial charge is 0.478 e. The Bertz CT molecular complexity index is 445. The van der Waals surface area contributed by atoms with Crippen LogP contribution in [0.25, 0.3) is 0 Å². The van der Waals surface area contributed by atoms with Crippen LogP contribution in [0.1, 0.15) is 23.2 Å².